The zero-order valence-corrected chi connectivity index (χ0v) is 9.98. The second-order valence-corrected chi connectivity index (χ2v) is 4.51. The fourth-order valence-corrected chi connectivity index (χ4v) is 2.22. The van der Waals surface area contributed by atoms with E-state index in [1.807, 2.05) is 0 Å². The topological polar surface area (TPSA) is 68.9 Å². The average Bonchev–Trinajstić information content (AvgIpc) is 2.29. The van der Waals surface area contributed by atoms with Crippen molar-refractivity contribution in [2.45, 2.75) is 9.92 Å². The fraction of sp³-hybridized carbons (Fsp3) is 0. The third kappa shape index (κ3) is 3.15. The highest BCUT2D eigenvalue weighted by Gasteiger charge is 2.11. The van der Waals surface area contributed by atoms with E-state index in [1.165, 1.54) is 23.9 Å². The Bertz CT molecular complexity index is 551. The van der Waals surface area contributed by atoms with Crippen LogP contribution in [0.4, 0.5) is 5.69 Å². The van der Waals surface area contributed by atoms with Crippen LogP contribution >= 0.6 is 23.4 Å². The molecule has 0 aliphatic carbocycles. The first-order valence-electron chi connectivity index (χ1n) is 4.55. The molecule has 0 bridgehead atoms. The molecule has 2 aromatic rings. The number of aromatic nitrogens is 2. The SMILES string of the molecule is O=[N+]([O-])c1cc(Cl)nc(Sc2ccncc2)c1. The smallest absolute Gasteiger partial charge is 0.265 e. The van der Waals surface area contributed by atoms with Gasteiger partial charge in [0.25, 0.3) is 5.69 Å². The lowest BCUT2D eigenvalue weighted by Gasteiger charge is -2.01. The lowest BCUT2D eigenvalue weighted by Crippen LogP contribution is -1.90. The molecule has 7 heteroatoms. The molecule has 2 heterocycles. The minimum atomic E-state index is -0.496. The first kappa shape index (κ1) is 11.8. The van der Waals surface area contributed by atoms with Gasteiger partial charge in [-0.05, 0) is 12.1 Å². The Kier molecular flexibility index (Phi) is 3.55. The van der Waals surface area contributed by atoms with E-state index >= 15 is 0 Å². The number of nitro groups is 1. The molecule has 0 spiro atoms. The maximum absolute atomic E-state index is 10.7. The number of hydrogen-bond donors (Lipinski definition) is 0. The van der Waals surface area contributed by atoms with E-state index in [4.69, 9.17) is 11.6 Å². The van der Waals surface area contributed by atoms with E-state index in [2.05, 4.69) is 9.97 Å². The number of pyridine rings is 2. The van der Waals surface area contributed by atoms with Crippen molar-refractivity contribution in [2.75, 3.05) is 0 Å². The second-order valence-electron chi connectivity index (χ2n) is 3.03. The van der Waals surface area contributed by atoms with Crippen LogP contribution in [0.15, 0.2) is 46.6 Å². The molecule has 17 heavy (non-hydrogen) atoms. The van der Waals surface area contributed by atoms with E-state index in [0.717, 1.165) is 4.90 Å². The van der Waals surface area contributed by atoms with Crippen molar-refractivity contribution in [3.63, 3.8) is 0 Å². The van der Waals surface area contributed by atoms with Crippen molar-refractivity contribution in [1.82, 2.24) is 9.97 Å². The molecule has 0 aliphatic rings. The summed E-state index contributed by atoms with van der Waals surface area (Å²) in [5.74, 6) is 0. The van der Waals surface area contributed by atoms with Crippen molar-refractivity contribution >= 4 is 29.1 Å². The van der Waals surface area contributed by atoms with Gasteiger partial charge in [-0.2, -0.15) is 0 Å². The monoisotopic (exact) mass is 267 g/mol. The zero-order valence-electron chi connectivity index (χ0n) is 8.41. The molecule has 0 unspecified atom stereocenters. The number of nitrogens with zero attached hydrogens (tertiary/aromatic N) is 3. The highest BCUT2D eigenvalue weighted by molar-refractivity contribution is 7.99. The first-order valence-corrected chi connectivity index (χ1v) is 5.74. The summed E-state index contributed by atoms with van der Waals surface area (Å²) >= 11 is 7.01. The highest BCUT2D eigenvalue weighted by Crippen LogP contribution is 2.29. The predicted octanol–water partition coefficient (Wildman–Crippen LogP) is 3.19. The van der Waals surface area contributed by atoms with Crippen LogP contribution in [0.5, 0.6) is 0 Å². The van der Waals surface area contributed by atoms with Crippen LogP contribution in [0, 0.1) is 10.1 Å². The standard InChI is InChI=1S/C10H6ClN3O2S/c11-9-5-7(14(15)16)6-10(13-9)17-8-1-3-12-4-2-8/h1-6H. The molecular formula is C10H6ClN3O2S. The molecule has 2 aromatic heterocycles. The largest absolute Gasteiger partial charge is 0.275 e. The quantitative estimate of drug-likeness (QED) is 0.485. The van der Waals surface area contributed by atoms with Gasteiger partial charge in [0.05, 0.1) is 11.0 Å². The Labute approximate surface area is 106 Å². The molecular weight excluding hydrogens is 262 g/mol. The lowest BCUT2D eigenvalue weighted by atomic mass is 10.4. The number of halogens is 1. The van der Waals surface area contributed by atoms with Gasteiger partial charge in [0.1, 0.15) is 10.2 Å². The molecule has 0 amide bonds. The lowest BCUT2D eigenvalue weighted by molar-refractivity contribution is -0.385. The van der Waals surface area contributed by atoms with Gasteiger partial charge in [0.15, 0.2) is 0 Å². The minimum Gasteiger partial charge on any atom is -0.265 e. The van der Waals surface area contributed by atoms with Crippen LogP contribution in [-0.4, -0.2) is 14.9 Å². The van der Waals surface area contributed by atoms with Gasteiger partial charge < -0.3 is 0 Å². The fourth-order valence-electron chi connectivity index (χ4n) is 1.14. The third-order valence-electron chi connectivity index (χ3n) is 1.84. The van der Waals surface area contributed by atoms with Crippen LogP contribution < -0.4 is 0 Å². The normalized spacial score (nSPS) is 10.2. The van der Waals surface area contributed by atoms with Crippen molar-refractivity contribution in [3.05, 3.63) is 51.9 Å². The maximum Gasteiger partial charge on any atom is 0.275 e. The molecule has 0 fully saturated rings. The third-order valence-corrected chi connectivity index (χ3v) is 2.96. The highest BCUT2D eigenvalue weighted by atomic mass is 35.5. The van der Waals surface area contributed by atoms with E-state index in [0.29, 0.717) is 5.03 Å². The summed E-state index contributed by atoms with van der Waals surface area (Å²) in [5.41, 5.74) is -0.0680. The molecule has 2 rings (SSSR count). The summed E-state index contributed by atoms with van der Waals surface area (Å²) in [6, 6.07) is 6.19. The van der Waals surface area contributed by atoms with E-state index in [1.54, 1.807) is 24.5 Å². The molecule has 86 valence electrons. The number of rotatable bonds is 3. The van der Waals surface area contributed by atoms with E-state index in [-0.39, 0.29) is 10.8 Å². The molecule has 0 radical (unpaired) electrons. The van der Waals surface area contributed by atoms with E-state index in [9.17, 15) is 10.1 Å². The van der Waals surface area contributed by atoms with Crippen LogP contribution in [0.25, 0.3) is 0 Å². The van der Waals surface area contributed by atoms with Gasteiger partial charge in [0, 0.05) is 23.4 Å². The summed E-state index contributed by atoms with van der Waals surface area (Å²) in [4.78, 5) is 19.0. The Hall–Kier alpha value is -1.66. The molecule has 0 N–H and O–H groups in total. The summed E-state index contributed by atoms with van der Waals surface area (Å²) in [7, 11) is 0. The van der Waals surface area contributed by atoms with Crippen molar-refractivity contribution in [1.29, 1.82) is 0 Å². The summed E-state index contributed by atoms with van der Waals surface area (Å²) in [6.07, 6.45) is 3.28. The van der Waals surface area contributed by atoms with Gasteiger partial charge in [0.2, 0.25) is 0 Å². The molecule has 0 aliphatic heterocycles. The second kappa shape index (κ2) is 5.11. The van der Waals surface area contributed by atoms with Crippen LogP contribution in [0.3, 0.4) is 0 Å². The molecule has 0 atom stereocenters. The van der Waals surface area contributed by atoms with Crippen molar-refractivity contribution in [3.8, 4) is 0 Å². The van der Waals surface area contributed by atoms with Gasteiger partial charge in [-0.25, -0.2) is 4.98 Å². The van der Waals surface area contributed by atoms with Crippen molar-refractivity contribution < 1.29 is 4.92 Å². The number of hydrogen-bond acceptors (Lipinski definition) is 5. The van der Waals surface area contributed by atoms with E-state index < -0.39 is 4.92 Å². The average molecular weight is 268 g/mol. The van der Waals surface area contributed by atoms with Crippen molar-refractivity contribution in [2.24, 2.45) is 0 Å². The molecule has 0 saturated carbocycles. The van der Waals surface area contributed by atoms with Crippen LogP contribution in [0.1, 0.15) is 0 Å². The first-order chi connectivity index (χ1) is 8.15. The molecule has 0 saturated heterocycles. The predicted molar refractivity (Wildman–Crippen MR) is 64.3 cm³/mol. The Morgan fingerprint density at radius 1 is 1.29 bits per heavy atom. The summed E-state index contributed by atoms with van der Waals surface area (Å²) < 4.78 is 0. The Balaban J connectivity index is 2.30. The van der Waals surface area contributed by atoms with Gasteiger partial charge in [-0.15, -0.1) is 0 Å². The van der Waals surface area contributed by atoms with Gasteiger partial charge in [-0.1, -0.05) is 23.4 Å². The van der Waals surface area contributed by atoms with Crippen LogP contribution in [0.2, 0.25) is 5.15 Å². The van der Waals surface area contributed by atoms with Gasteiger partial charge >= 0.3 is 0 Å². The summed E-state index contributed by atoms with van der Waals surface area (Å²) in [6.45, 7) is 0. The Morgan fingerprint density at radius 3 is 2.65 bits per heavy atom. The maximum atomic E-state index is 10.7. The Morgan fingerprint density at radius 2 is 2.00 bits per heavy atom. The summed E-state index contributed by atoms with van der Waals surface area (Å²) in [5, 5.41) is 11.2. The van der Waals surface area contributed by atoms with Crippen LogP contribution in [-0.2, 0) is 0 Å². The van der Waals surface area contributed by atoms with Gasteiger partial charge in [-0.3, -0.25) is 15.1 Å². The molecule has 0 aromatic carbocycles. The minimum absolute atomic E-state index is 0.0680. The molecule has 5 nitrogen and oxygen atoms in total. The zero-order chi connectivity index (χ0) is 12.3.